The topological polar surface area (TPSA) is 53.3 Å². The number of hydrogen-bond donors (Lipinski definition) is 2. The van der Waals surface area contributed by atoms with E-state index in [0.717, 1.165) is 11.3 Å². The van der Waals surface area contributed by atoms with Crippen LogP contribution in [-0.2, 0) is 5.54 Å². The van der Waals surface area contributed by atoms with E-state index in [2.05, 4.69) is 54.1 Å². The van der Waals surface area contributed by atoms with Gasteiger partial charge in [0.25, 0.3) is 0 Å². The van der Waals surface area contributed by atoms with Crippen molar-refractivity contribution in [3.05, 3.63) is 77.3 Å². The molecule has 2 N–H and O–H groups in total. The first-order valence-corrected chi connectivity index (χ1v) is 10.2. The number of halogens is 1. The number of nitrogens with zero attached hydrogens (tertiary/aromatic N) is 3. The molecule has 3 heterocycles. The predicted molar refractivity (Wildman–Crippen MR) is 120 cm³/mol. The lowest BCUT2D eigenvalue weighted by Gasteiger charge is -2.28. The second-order valence-corrected chi connectivity index (χ2v) is 8.98. The molecule has 0 bridgehead atoms. The molecule has 29 heavy (non-hydrogen) atoms. The van der Waals surface area contributed by atoms with Gasteiger partial charge in [-0.25, -0.2) is 0 Å². The summed E-state index contributed by atoms with van der Waals surface area (Å²) in [4.78, 5) is 6.48. The molecule has 0 spiro atoms. The van der Waals surface area contributed by atoms with Crippen LogP contribution in [-0.4, -0.2) is 19.8 Å². The smallest absolute Gasteiger partial charge is 0.174 e. The minimum atomic E-state index is -0.189. The largest absolute Gasteiger partial charge is 0.506 e. The Bertz CT molecular complexity index is 1040. The molecule has 7 heteroatoms. The molecule has 1 aromatic carbocycles. The van der Waals surface area contributed by atoms with E-state index < -0.39 is 0 Å². The van der Waals surface area contributed by atoms with Crippen molar-refractivity contribution in [2.45, 2.75) is 38.4 Å². The molecular formula is C22H23ClN4OS. The fraction of sp³-hybridized carbons (Fsp3) is 0.273. The lowest BCUT2D eigenvalue weighted by atomic mass is 9.98. The summed E-state index contributed by atoms with van der Waals surface area (Å²) in [6.07, 6.45) is 5.98. The van der Waals surface area contributed by atoms with Gasteiger partial charge in [0.2, 0.25) is 0 Å². The second-order valence-electron chi connectivity index (χ2n) is 8.15. The van der Waals surface area contributed by atoms with Crippen molar-refractivity contribution < 1.29 is 5.11 Å². The van der Waals surface area contributed by atoms with E-state index in [-0.39, 0.29) is 23.4 Å². The van der Waals surface area contributed by atoms with Crippen LogP contribution >= 0.6 is 23.8 Å². The Labute approximate surface area is 180 Å². The Morgan fingerprint density at radius 2 is 1.97 bits per heavy atom. The number of aromatic hydroxyl groups is 1. The fourth-order valence-corrected chi connectivity index (χ4v) is 4.15. The van der Waals surface area contributed by atoms with Gasteiger partial charge in [0.05, 0.1) is 23.5 Å². The summed E-state index contributed by atoms with van der Waals surface area (Å²) in [6, 6.07) is 12.6. The van der Waals surface area contributed by atoms with Crippen molar-refractivity contribution in [1.29, 1.82) is 0 Å². The van der Waals surface area contributed by atoms with Crippen molar-refractivity contribution in [2.75, 3.05) is 4.90 Å². The van der Waals surface area contributed by atoms with Crippen LogP contribution in [0.25, 0.3) is 0 Å². The molecule has 0 aliphatic carbocycles. The number of hydrogen-bond acceptors (Lipinski definition) is 3. The van der Waals surface area contributed by atoms with E-state index in [9.17, 15) is 5.11 Å². The first-order valence-electron chi connectivity index (χ1n) is 9.43. The standard InChI is InChI=1S/C22H23ClN4OS/c1-22(2,3)26-11-9-14(13-26)20-19(16-6-4-5-10-24-16)25-21(29)27(20)17-12-15(23)7-8-18(17)28/h4-13,19-20,28H,1-3H3,(H,25,29)/t19-,20-/m0/s1. The highest BCUT2D eigenvalue weighted by molar-refractivity contribution is 7.80. The van der Waals surface area contributed by atoms with E-state index >= 15 is 0 Å². The van der Waals surface area contributed by atoms with Gasteiger partial charge in [-0.15, -0.1) is 0 Å². The molecule has 1 aliphatic heterocycles. The molecule has 2 aromatic heterocycles. The van der Waals surface area contributed by atoms with E-state index in [1.165, 1.54) is 0 Å². The Morgan fingerprint density at radius 1 is 1.17 bits per heavy atom. The van der Waals surface area contributed by atoms with Crippen LogP contribution in [0.4, 0.5) is 5.69 Å². The highest BCUT2D eigenvalue weighted by atomic mass is 35.5. The van der Waals surface area contributed by atoms with Gasteiger partial charge in [0, 0.05) is 29.2 Å². The highest BCUT2D eigenvalue weighted by Crippen LogP contribution is 2.45. The maximum absolute atomic E-state index is 10.6. The molecule has 1 saturated heterocycles. The lowest BCUT2D eigenvalue weighted by molar-refractivity contribution is 0.397. The van der Waals surface area contributed by atoms with Gasteiger partial charge in [0.15, 0.2) is 5.11 Å². The number of phenolic OH excluding ortho intramolecular Hbond substituents is 1. The molecule has 0 saturated carbocycles. The summed E-state index contributed by atoms with van der Waals surface area (Å²) in [5, 5.41) is 15.0. The zero-order valence-electron chi connectivity index (χ0n) is 16.5. The molecule has 0 amide bonds. The lowest BCUT2D eigenvalue weighted by Crippen LogP contribution is -2.29. The molecule has 150 valence electrons. The van der Waals surface area contributed by atoms with Crippen LogP contribution in [0.5, 0.6) is 5.75 Å². The molecule has 0 radical (unpaired) electrons. The van der Waals surface area contributed by atoms with E-state index in [1.54, 1.807) is 24.4 Å². The normalized spacial score (nSPS) is 19.4. The number of thiocarbonyl (C=S) groups is 1. The Balaban J connectivity index is 1.86. The summed E-state index contributed by atoms with van der Waals surface area (Å²) < 4.78 is 2.18. The van der Waals surface area contributed by atoms with E-state index in [4.69, 9.17) is 23.8 Å². The third-order valence-electron chi connectivity index (χ3n) is 5.13. The molecule has 1 aliphatic rings. The Hall–Kier alpha value is -2.57. The van der Waals surface area contributed by atoms with Gasteiger partial charge < -0.3 is 19.9 Å². The molecule has 0 unspecified atom stereocenters. The molecular weight excluding hydrogens is 404 g/mol. The van der Waals surface area contributed by atoms with Gasteiger partial charge in [0.1, 0.15) is 5.75 Å². The third kappa shape index (κ3) is 3.70. The number of benzene rings is 1. The third-order valence-corrected chi connectivity index (χ3v) is 5.68. The maximum atomic E-state index is 10.6. The summed E-state index contributed by atoms with van der Waals surface area (Å²) in [7, 11) is 0. The number of phenols is 1. The van der Waals surface area contributed by atoms with Crippen LogP contribution in [0.1, 0.15) is 44.1 Å². The molecule has 3 aromatic rings. The predicted octanol–water partition coefficient (Wildman–Crippen LogP) is 5.17. The second kappa shape index (κ2) is 7.35. The van der Waals surface area contributed by atoms with Crippen molar-refractivity contribution >= 4 is 34.6 Å². The minimum absolute atomic E-state index is 0.0473. The van der Waals surface area contributed by atoms with Crippen LogP contribution < -0.4 is 10.2 Å². The summed E-state index contributed by atoms with van der Waals surface area (Å²) >= 11 is 11.9. The van der Waals surface area contributed by atoms with Crippen molar-refractivity contribution in [3.63, 3.8) is 0 Å². The Morgan fingerprint density at radius 3 is 2.62 bits per heavy atom. The summed E-state index contributed by atoms with van der Waals surface area (Å²) in [5.41, 5.74) is 2.48. The molecule has 4 rings (SSSR count). The summed E-state index contributed by atoms with van der Waals surface area (Å²) in [6.45, 7) is 6.47. The zero-order chi connectivity index (χ0) is 20.8. The molecule has 5 nitrogen and oxygen atoms in total. The fourth-order valence-electron chi connectivity index (χ4n) is 3.65. The van der Waals surface area contributed by atoms with Gasteiger partial charge in [-0.1, -0.05) is 17.7 Å². The number of aromatic nitrogens is 2. The highest BCUT2D eigenvalue weighted by Gasteiger charge is 2.42. The van der Waals surface area contributed by atoms with Crippen LogP contribution in [0.3, 0.4) is 0 Å². The average Bonchev–Trinajstić information content (AvgIpc) is 3.29. The number of rotatable bonds is 3. The van der Waals surface area contributed by atoms with Crippen LogP contribution in [0.2, 0.25) is 5.02 Å². The number of nitrogens with one attached hydrogen (secondary N) is 1. The average molecular weight is 427 g/mol. The zero-order valence-corrected chi connectivity index (χ0v) is 18.1. The van der Waals surface area contributed by atoms with Crippen LogP contribution in [0, 0.1) is 0 Å². The Kier molecular flexibility index (Phi) is 5.00. The first-order chi connectivity index (χ1) is 13.8. The van der Waals surface area contributed by atoms with Crippen molar-refractivity contribution in [2.24, 2.45) is 0 Å². The molecule has 2 atom stereocenters. The van der Waals surface area contributed by atoms with E-state index in [1.807, 2.05) is 23.1 Å². The van der Waals surface area contributed by atoms with Gasteiger partial charge >= 0.3 is 0 Å². The van der Waals surface area contributed by atoms with Crippen molar-refractivity contribution in [3.8, 4) is 5.75 Å². The monoisotopic (exact) mass is 426 g/mol. The minimum Gasteiger partial charge on any atom is -0.506 e. The first kappa shape index (κ1) is 19.7. The molecule has 1 fully saturated rings. The van der Waals surface area contributed by atoms with Gasteiger partial charge in [-0.2, -0.15) is 0 Å². The van der Waals surface area contributed by atoms with Gasteiger partial charge in [-0.05, 0) is 75.0 Å². The van der Waals surface area contributed by atoms with Crippen molar-refractivity contribution in [1.82, 2.24) is 14.9 Å². The maximum Gasteiger partial charge on any atom is 0.174 e. The number of anilines is 1. The van der Waals surface area contributed by atoms with Crippen LogP contribution in [0.15, 0.2) is 61.1 Å². The quantitative estimate of drug-likeness (QED) is 0.565. The number of pyridine rings is 1. The van der Waals surface area contributed by atoms with E-state index in [0.29, 0.717) is 15.8 Å². The SMILES string of the molecule is CC(C)(C)n1ccc([C@H]2[C@H](c3ccccn3)NC(=S)N2c2cc(Cl)ccc2O)c1. The van der Waals surface area contributed by atoms with Gasteiger partial charge in [-0.3, -0.25) is 4.98 Å². The summed E-state index contributed by atoms with van der Waals surface area (Å²) in [5.74, 6) is 0.125.